The van der Waals surface area contributed by atoms with Gasteiger partial charge in [0.05, 0.1) is 6.10 Å². The van der Waals surface area contributed by atoms with Crippen LogP contribution in [0.2, 0.25) is 0 Å². The number of carbonyl (C=O) groups is 2. The molecule has 3 N–H and O–H groups in total. The van der Waals surface area contributed by atoms with Crippen molar-refractivity contribution in [1.29, 1.82) is 0 Å². The van der Waals surface area contributed by atoms with Gasteiger partial charge in [0.2, 0.25) is 0 Å². The number of hydrogen-bond donors (Lipinski definition) is 3. The third-order valence-corrected chi connectivity index (χ3v) is 4.53. The van der Waals surface area contributed by atoms with Crippen molar-refractivity contribution >= 4 is 12.0 Å². The Morgan fingerprint density at radius 1 is 1.45 bits per heavy atom. The Hall–Kier alpha value is -1.30. The molecule has 0 spiro atoms. The maximum Gasteiger partial charge on any atom is 0.326 e. The van der Waals surface area contributed by atoms with Gasteiger partial charge in [-0.1, -0.05) is 34.1 Å². The standard InChI is InChI=1S/C14H26N2O4/c1-6-8(2)11(12(17)18)16-13(19)15-9-7-10(20-5)14(9,3)4/h8-11H,6-7H2,1-5H3,(H,17,18)(H2,15,16,19). The normalized spacial score (nSPS) is 27.1. The molecule has 2 amide bonds. The second-order valence-electron chi connectivity index (χ2n) is 6.15. The number of carbonyl (C=O) groups excluding carboxylic acids is 1. The molecule has 116 valence electrons. The highest BCUT2D eigenvalue weighted by atomic mass is 16.5. The number of carboxylic acids is 1. The highest BCUT2D eigenvalue weighted by Gasteiger charge is 2.49. The molecule has 1 saturated carbocycles. The van der Waals surface area contributed by atoms with E-state index >= 15 is 0 Å². The fourth-order valence-corrected chi connectivity index (χ4v) is 2.55. The summed E-state index contributed by atoms with van der Waals surface area (Å²) >= 11 is 0. The molecule has 0 aromatic heterocycles. The number of nitrogens with one attached hydrogen (secondary N) is 2. The molecule has 1 rings (SSSR count). The lowest BCUT2D eigenvalue weighted by atomic mass is 9.64. The summed E-state index contributed by atoms with van der Waals surface area (Å²) in [4.78, 5) is 23.1. The van der Waals surface area contributed by atoms with Gasteiger partial charge in [0.1, 0.15) is 6.04 Å². The van der Waals surface area contributed by atoms with Crippen LogP contribution in [-0.2, 0) is 9.53 Å². The van der Waals surface area contributed by atoms with Crippen LogP contribution in [0.25, 0.3) is 0 Å². The average molecular weight is 286 g/mol. The Labute approximate surface area is 120 Å². The van der Waals surface area contributed by atoms with Gasteiger partial charge in [-0.2, -0.15) is 0 Å². The lowest BCUT2D eigenvalue weighted by Crippen LogP contribution is -2.64. The lowest BCUT2D eigenvalue weighted by molar-refractivity contribution is -0.140. The van der Waals surface area contributed by atoms with Crippen LogP contribution in [-0.4, -0.2) is 42.4 Å². The van der Waals surface area contributed by atoms with Crippen LogP contribution < -0.4 is 10.6 Å². The zero-order valence-corrected chi connectivity index (χ0v) is 12.9. The van der Waals surface area contributed by atoms with Crippen LogP contribution in [0.4, 0.5) is 4.79 Å². The van der Waals surface area contributed by atoms with Gasteiger partial charge in [0.25, 0.3) is 0 Å². The van der Waals surface area contributed by atoms with Crippen molar-refractivity contribution in [2.75, 3.05) is 7.11 Å². The topological polar surface area (TPSA) is 87.7 Å². The lowest BCUT2D eigenvalue weighted by Gasteiger charge is -2.51. The molecule has 6 nitrogen and oxygen atoms in total. The van der Waals surface area contributed by atoms with Crippen LogP contribution >= 0.6 is 0 Å². The molecule has 0 radical (unpaired) electrons. The Balaban J connectivity index is 2.54. The highest BCUT2D eigenvalue weighted by Crippen LogP contribution is 2.42. The number of urea groups is 1. The first-order valence-electron chi connectivity index (χ1n) is 7.06. The number of hydrogen-bond acceptors (Lipinski definition) is 3. The van der Waals surface area contributed by atoms with E-state index in [-0.39, 0.29) is 23.5 Å². The van der Waals surface area contributed by atoms with E-state index in [0.717, 1.165) is 6.42 Å². The van der Waals surface area contributed by atoms with Crippen LogP contribution in [0, 0.1) is 11.3 Å². The van der Waals surface area contributed by atoms with Gasteiger partial charge >= 0.3 is 12.0 Å². The summed E-state index contributed by atoms with van der Waals surface area (Å²) in [7, 11) is 1.66. The number of ether oxygens (including phenoxy) is 1. The molecule has 0 aromatic carbocycles. The van der Waals surface area contributed by atoms with Crippen molar-refractivity contribution in [1.82, 2.24) is 10.6 Å². The maximum atomic E-state index is 11.9. The second-order valence-corrected chi connectivity index (χ2v) is 6.15. The zero-order chi connectivity index (χ0) is 15.5. The maximum absolute atomic E-state index is 11.9. The first-order valence-corrected chi connectivity index (χ1v) is 7.06. The van der Waals surface area contributed by atoms with Crippen LogP contribution in [0.3, 0.4) is 0 Å². The number of aliphatic carboxylic acids is 1. The molecule has 0 saturated heterocycles. The van der Waals surface area contributed by atoms with Crippen LogP contribution in [0.15, 0.2) is 0 Å². The van der Waals surface area contributed by atoms with E-state index in [4.69, 9.17) is 9.84 Å². The summed E-state index contributed by atoms with van der Waals surface area (Å²) in [6.45, 7) is 7.77. The first kappa shape index (κ1) is 16.8. The van der Waals surface area contributed by atoms with Crippen molar-refractivity contribution in [3.63, 3.8) is 0 Å². The van der Waals surface area contributed by atoms with E-state index in [9.17, 15) is 9.59 Å². The number of carboxylic acid groups (broad SMARTS) is 1. The van der Waals surface area contributed by atoms with Crippen molar-refractivity contribution < 1.29 is 19.4 Å². The van der Waals surface area contributed by atoms with Gasteiger partial charge in [0.15, 0.2) is 0 Å². The molecule has 0 bridgehead atoms. The smallest absolute Gasteiger partial charge is 0.326 e. The van der Waals surface area contributed by atoms with Gasteiger partial charge in [-0.05, 0) is 12.3 Å². The van der Waals surface area contributed by atoms with Crippen LogP contribution in [0.1, 0.15) is 40.5 Å². The first-order chi connectivity index (χ1) is 9.23. The minimum atomic E-state index is -1.00. The van der Waals surface area contributed by atoms with E-state index in [0.29, 0.717) is 6.42 Å². The molecule has 0 heterocycles. The second kappa shape index (κ2) is 6.43. The van der Waals surface area contributed by atoms with E-state index in [1.165, 1.54) is 0 Å². The van der Waals surface area contributed by atoms with Gasteiger partial charge in [-0.3, -0.25) is 0 Å². The molecule has 1 aliphatic carbocycles. The third-order valence-electron chi connectivity index (χ3n) is 4.53. The van der Waals surface area contributed by atoms with E-state index in [1.54, 1.807) is 7.11 Å². The third kappa shape index (κ3) is 3.42. The van der Waals surface area contributed by atoms with Gasteiger partial charge in [0, 0.05) is 18.6 Å². The Kier molecular flexibility index (Phi) is 5.39. The summed E-state index contributed by atoms with van der Waals surface area (Å²) in [5.41, 5.74) is -0.138. The SMILES string of the molecule is CCC(C)C(NC(=O)NC1CC(OC)C1(C)C)C(=O)O. The van der Waals surface area contributed by atoms with Gasteiger partial charge < -0.3 is 20.5 Å². The fourth-order valence-electron chi connectivity index (χ4n) is 2.55. The molecular weight excluding hydrogens is 260 g/mol. The predicted molar refractivity (Wildman–Crippen MR) is 75.5 cm³/mol. The fraction of sp³-hybridized carbons (Fsp3) is 0.857. The molecular formula is C14H26N2O4. The largest absolute Gasteiger partial charge is 0.480 e. The molecule has 1 fully saturated rings. The summed E-state index contributed by atoms with van der Waals surface area (Å²) in [6, 6.07) is -1.29. The van der Waals surface area contributed by atoms with Crippen LogP contribution in [0.5, 0.6) is 0 Å². The monoisotopic (exact) mass is 286 g/mol. The average Bonchev–Trinajstić information content (AvgIpc) is 2.39. The number of rotatable bonds is 6. The molecule has 20 heavy (non-hydrogen) atoms. The Bertz CT molecular complexity index is 370. The quantitative estimate of drug-likeness (QED) is 0.692. The van der Waals surface area contributed by atoms with Crippen molar-refractivity contribution in [2.24, 2.45) is 11.3 Å². The zero-order valence-electron chi connectivity index (χ0n) is 12.9. The summed E-state index contributed by atoms with van der Waals surface area (Å²) in [6.07, 6.45) is 1.56. The minimum absolute atomic E-state index is 0.00109. The molecule has 1 aliphatic rings. The Morgan fingerprint density at radius 2 is 2.05 bits per heavy atom. The molecule has 4 unspecified atom stereocenters. The molecule has 6 heteroatoms. The van der Waals surface area contributed by atoms with Crippen molar-refractivity contribution in [2.45, 2.75) is 58.7 Å². The molecule has 0 aliphatic heterocycles. The summed E-state index contributed by atoms with van der Waals surface area (Å²) < 4.78 is 5.32. The minimum Gasteiger partial charge on any atom is -0.480 e. The molecule has 4 atom stereocenters. The van der Waals surface area contributed by atoms with E-state index in [2.05, 4.69) is 10.6 Å². The summed E-state index contributed by atoms with van der Waals surface area (Å²) in [5, 5.41) is 14.5. The van der Waals surface area contributed by atoms with Crippen molar-refractivity contribution in [3.05, 3.63) is 0 Å². The highest BCUT2D eigenvalue weighted by molar-refractivity contribution is 5.83. The number of amides is 2. The van der Waals surface area contributed by atoms with Gasteiger partial charge in [-0.15, -0.1) is 0 Å². The summed E-state index contributed by atoms with van der Waals surface area (Å²) in [5.74, 6) is -1.11. The van der Waals surface area contributed by atoms with E-state index < -0.39 is 18.0 Å². The number of methoxy groups -OCH3 is 1. The van der Waals surface area contributed by atoms with Gasteiger partial charge in [-0.25, -0.2) is 9.59 Å². The predicted octanol–water partition coefficient (Wildman–Crippen LogP) is 1.60. The van der Waals surface area contributed by atoms with Crippen molar-refractivity contribution in [3.8, 4) is 0 Å². The molecule has 0 aromatic rings. The van der Waals surface area contributed by atoms with E-state index in [1.807, 2.05) is 27.7 Å². The Morgan fingerprint density at radius 3 is 2.45 bits per heavy atom.